The number of hydrogen-bond donors (Lipinski definition) is 0. The van der Waals surface area contributed by atoms with Crippen molar-refractivity contribution in [2.24, 2.45) is 5.41 Å². The van der Waals surface area contributed by atoms with Crippen LogP contribution >= 0.6 is 11.6 Å². The molecule has 2 heterocycles. The van der Waals surface area contributed by atoms with Gasteiger partial charge in [0.25, 0.3) is 0 Å². The Hall–Kier alpha value is -2.47. The van der Waals surface area contributed by atoms with Crippen molar-refractivity contribution in [2.75, 3.05) is 12.4 Å². The van der Waals surface area contributed by atoms with Gasteiger partial charge in [-0.2, -0.15) is 0 Å². The Labute approximate surface area is 172 Å². The highest BCUT2D eigenvalue weighted by molar-refractivity contribution is 6.19. The van der Waals surface area contributed by atoms with E-state index in [1.807, 2.05) is 13.8 Å². The Balaban J connectivity index is 1.67. The third-order valence-corrected chi connectivity index (χ3v) is 6.04. The number of halogens is 3. The molecule has 0 spiro atoms. The quantitative estimate of drug-likeness (QED) is 0.510. The summed E-state index contributed by atoms with van der Waals surface area (Å²) in [7, 11) is 0. The first-order valence-corrected chi connectivity index (χ1v) is 10.1. The Morgan fingerprint density at radius 1 is 1.21 bits per heavy atom. The summed E-state index contributed by atoms with van der Waals surface area (Å²) in [5.41, 5.74) is 1.80. The van der Waals surface area contributed by atoms with Gasteiger partial charge in [0.15, 0.2) is 17.2 Å². The van der Waals surface area contributed by atoms with Crippen LogP contribution in [-0.2, 0) is 4.79 Å². The topological polar surface area (TPSA) is 46.3 Å². The van der Waals surface area contributed by atoms with Gasteiger partial charge in [0, 0.05) is 12.4 Å². The van der Waals surface area contributed by atoms with E-state index in [9.17, 15) is 13.6 Å². The number of rotatable bonds is 4. The molecule has 7 heteroatoms. The lowest BCUT2D eigenvalue weighted by atomic mass is 9.94. The summed E-state index contributed by atoms with van der Waals surface area (Å²) in [5.74, 6) is -1.08. The smallest absolute Gasteiger partial charge is 0.230 e. The predicted octanol–water partition coefficient (Wildman–Crippen LogP) is 5.70. The molecule has 0 N–H and O–H groups in total. The minimum Gasteiger partial charge on any atom is -0.438 e. The molecular formula is C22H21ClF2N2O2. The Morgan fingerprint density at radius 2 is 1.93 bits per heavy atom. The first-order valence-electron chi connectivity index (χ1n) is 9.53. The number of benzene rings is 2. The van der Waals surface area contributed by atoms with Crippen LogP contribution in [-0.4, -0.2) is 28.2 Å². The van der Waals surface area contributed by atoms with Crippen molar-refractivity contribution in [2.45, 2.75) is 32.7 Å². The van der Waals surface area contributed by atoms with Crippen LogP contribution in [0.25, 0.3) is 22.2 Å². The number of fused-ring (bicyclic) bond motifs is 1. The third-order valence-electron chi connectivity index (χ3n) is 5.37. The maximum Gasteiger partial charge on any atom is 0.230 e. The van der Waals surface area contributed by atoms with Gasteiger partial charge in [0.1, 0.15) is 11.6 Å². The number of hydrogen-bond acceptors (Lipinski definition) is 3. The number of aromatic nitrogens is 1. The van der Waals surface area contributed by atoms with Crippen molar-refractivity contribution in [3.05, 3.63) is 53.9 Å². The van der Waals surface area contributed by atoms with Crippen LogP contribution < -0.4 is 0 Å². The molecule has 29 heavy (non-hydrogen) atoms. The Kier molecular flexibility index (Phi) is 5.07. The monoisotopic (exact) mass is 418 g/mol. The zero-order valence-electron chi connectivity index (χ0n) is 16.2. The second-order valence-corrected chi connectivity index (χ2v) is 8.30. The molecule has 0 radical (unpaired) electrons. The molecule has 152 valence electrons. The number of alkyl halides is 1. The number of oxazole rings is 1. The molecule has 1 saturated heterocycles. The van der Waals surface area contributed by atoms with Crippen LogP contribution in [0.15, 0.2) is 40.8 Å². The molecule has 0 bridgehead atoms. The average molecular weight is 419 g/mol. The first-order chi connectivity index (χ1) is 13.8. The van der Waals surface area contributed by atoms with E-state index in [4.69, 9.17) is 16.0 Å². The van der Waals surface area contributed by atoms with Gasteiger partial charge in [0.2, 0.25) is 11.8 Å². The summed E-state index contributed by atoms with van der Waals surface area (Å²) in [6.07, 6.45) is 1.64. The highest BCUT2D eigenvalue weighted by Gasteiger charge is 2.39. The summed E-state index contributed by atoms with van der Waals surface area (Å²) in [6, 6.07) is 8.85. The van der Waals surface area contributed by atoms with E-state index in [-0.39, 0.29) is 17.8 Å². The molecular weight excluding hydrogens is 398 g/mol. The highest BCUT2D eigenvalue weighted by Crippen LogP contribution is 2.37. The van der Waals surface area contributed by atoms with Crippen molar-refractivity contribution in [3.63, 3.8) is 0 Å². The molecule has 1 aromatic heterocycles. The molecule has 0 saturated carbocycles. The highest BCUT2D eigenvalue weighted by atomic mass is 35.5. The maximum absolute atomic E-state index is 13.6. The van der Waals surface area contributed by atoms with Gasteiger partial charge in [-0.3, -0.25) is 4.79 Å². The van der Waals surface area contributed by atoms with Crippen LogP contribution in [0.5, 0.6) is 0 Å². The summed E-state index contributed by atoms with van der Waals surface area (Å²) in [4.78, 5) is 19.3. The molecule has 0 aliphatic carbocycles. The van der Waals surface area contributed by atoms with Crippen molar-refractivity contribution >= 4 is 28.6 Å². The molecule has 1 amide bonds. The second-order valence-electron chi connectivity index (χ2n) is 8.04. The standard InChI is InChI=1S/C22H21ClF2N2O2/c1-22(2,12-23)21(28)27-9-3-4-18(27)20-26-17-11-14(6-8-19(17)29-20)13-5-7-15(24)16(25)10-13/h5-8,10-11,18H,3-4,9,12H2,1-2H3/t18-/m1/s1. The summed E-state index contributed by atoms with van der Waals surface area (Å²) in [6.45, 7) is 4.30. The fraction of sp³-hybridized carbons (Fsp3) is 0.364. The SMILES string of the molecule is CC(C)(CCl)C(=O)N1CCC[C@@H]1c1nc2cc(-c3ccc(F)c(F)c3)ccc2o1. The van der Waals surface area contributed by atoms with E-state index >= 15 is 0 Å². The predicted molar refractivity (Wildman–Crippen MR) is 108 cm³/mol. The van der Waals surface area contributed by atoms with Crippen LogP contribution in [0, 0.1) is 17.0 Å². The molecule has 1 fully saturated rings. The lowest BCUT2D eigenvalue weighted by Gasteiger charge is -2.30. The first kappa shape index (κ1) is 19.8. The fourth-order valence-corrected chi connectivity index (χ4v) is 3.77. The van der Waals surface area contributed by atoms with Gasteiger partial charge in [-0.05, 0) is 62.1 Å². The second kappa shape index (κ2) is 7.41. The van der Waals surface area contributed by atoms with E-state index in [0.29, 0.717) is 34.7 Å². The molecule has 4 rings (SSSR count). The van der Waals surface area contributed by atoms with E-state index < -0.39 is 17.0 Å². The normalized spacial score (nSPS) is 17.3. The molecule has 1 atom stereocenters. The maximum atomic E-state index is 13.6. The van der Waals surface area contributed by atoms with E-state index in [2.05, 4.69) is 4.98 Å². The largest absolute Gasteiger partial charge is 0.438 e. The van der Waals surface area contributed by atoms with Gasteiger partial charge in [-0.1, -0.05) is 12.1 Å². The van der Waals surface area contributed by atoms with Crippen molar-refractivity contribution in [1.82, 2.24) is 9.88 Å². The number of nitrogens with zero attached hydrogens (tertiary/aromatic N) is 2. The lowest BCUT2D eigenvalue weighted by Crippen LogP contribution is -2.41. The Morgan fingerprint density at radius 3 is 2.66 bits per heavy atom. The van der Waals surface area contributed by atoms with E-state index in [1.165, 1.54) is 6.07 Å². The van der Waals surface area contributed by atoms with E-state index in [1.54, 1.807) is 23.1 Å². The van der Waals surface area contributed by atoms with Crippen LogP contribution in [0.3, 0.4) is 0 Å². The fourth-order valence-electron chi connectivity index (χ4n) is 3.66. The van der Waals surface area contributed by atoms with Crippen molar-refractivity contribution < 1.29 is 18.0 Å². The minimum absolute atomic E-state index is 0.0141. The third kappa shape index (κ3) is 3.62. The van der Waals surface area contributed by atoms with Gasteiger partial charge in [-0.25, -0.2) is 13.8 Å². The minimum atomic E-state index is -0.898. The van der Waals surface area contributed by atoms with Crippen LogP contribution in [0.2, 0.25) is 0 Å². The number of carbonyl (C=O) groups is 1. The summed E-state index contributed by atoms with van der Waals surface area (Å²) >= 11 is 5.98. The average Bonchev–Trinajstić information content (AvgIpc) is 3.35. The van der Waals surface area contributed by atoms with Crippen LogP contribution in [0.1, 0.15) is 38.6 Å². The Bertz CT molecular complexity index is 1080. The molecule has 4 nitrogen and oxygen atoms in total. The zero-order chi connectivity index (χ0) is 20.8. The molecule has 3 aromatic rings. The molecule has 0 unspecified atom stereocenters. The van der Waals surface area contributed by atoms with Crippen LogP contribution in [0.4, 0.5) is 8.78 Å². The van der Waals surface area contributed by atoms with E-state index in [0.717, 1.165) is 25.0 Å². The zero-order valence-corrected chi connectivity index (χ0v) is 17.0. The molecule has 2 aromatic carbocycles. The summed E-state index contributed by atoms with van der Waals surface area (Å²) in [5, 5.41) is 0. The van der Waals surface area contributed by atoms with Gasteiger partial charge < -0.3 is 9.32 Å². The van der Waals surface area contributed by atoms with Crippen molar-refractivity contribution in [1.29, 1.82) is 0 Å². The van der Waals surface area contributed by atoms with Gasteiger partial charge >= 0.3 is 0 Å². The molecule has 1 aliphatic rings. The molecule has 1 aliphatic heterocycles. The summed E-state index contributed by atoms with van der Waals surface area (Å²) < 4.78 is 32.7. The van der Waals surface area contributed by atoms with Gasteiger partial charge in [0.05, 0.1) is 5.41 Å². The van der Waals surface area contributed by atoms with Crippen molar-refractivity contribution in [3.8, 4) is 11.1 Å². The lowest BCUT2D eigenvalue weighted by molar-refractivity contribution is -0.140. The number of carbonyl (C=O) groups excluding carboxylic acids is 1. The van der Waals surface area contributed by atoms with Gasteiger partial charge in [-0.15, -0.1) is 11.6 Å². The number of likely N-dealkylation sites (tertiary alicyclic amines) is 1. The number of amides is 1.